The Morgan fingerprint density at radius 3 is 2.38 bits per heavy atom. The average Bonchev–Trinajstić information content (AvgIpc) is 2.64. The monoisotopic (exact) mass is 533 g/mol. The van der Waals surface area contributed by atoms with E-state index in [9.17, 15) is 0 Å². The molecular weight excluding hydrogens is 509 g/mol. The fourth-order valence-electron chi connectivity index (χ4n) is 2.36. The van der Waals surface area contributed by atoms with Crippen molar-refractivity contribution in [2.24, 2.45) is 4.99 Å². The first-order valence-electron chi connectivity index (χ1n) is 8.14. The highest BCUT2D eigenvalue weighted by Crippen LogP contribution is 2.36. The van der Waals surface area contributed by atoms with Gasteiger partial charge in [0.1, 0.15) is 0 Å². The highest BCUT2D eigenvalue weighted by atomic mass is 127. The van der Waals surface area contributed by atoms with Gasteiger partial charge in [-0.2, -0.15) is 0 Å². The number of guanidine groups is 1. The van der Waals surface area contributed by atoms with Crippen LogP contribution in [0, 0.1) is 0 Å². The maximum Gasteiger partial charge on any atom is 0.191 e. The molecule has 0 saturated carbocycles. The molecule has 2 N–H and O–H groups in total. The van der Waals surface area contributed by atoms with Crippen molar-refractivity contribution in [3.8, 4) is 11.5 Å². The molecule has 0 amide bonds. The van der Waals surface area contributed by atoms with Crippen LogP contribution in [0.3, 0.4) is 0 Å². The van der Waals surface area contributed by atoms with Crippen molar-refractivity contribution < 1.29 is 9.47 Å². The molecule has 142 valence electrons. The molecule has 0 aliphatic carbocycles. The Balaban J connectivity index is 0.00000338. The van der Waals surface area contributed by atoms with Gasteiger partial charge in [0, 0.05) is 13.1 Å². The van der Waals surface area contributed by atoms with Crippen LogP contribution in [0.2, 0.25) is 0 Å². The van der Waals surface area contributed by atoms with E-state index in [0.29, 0.717) is 18.0 Å². The lowest BCUT2D eigenvalue weighted by molar-refractivity contribution is 0.352. The summed E-state index contributed by atoms with van der Waals surface area (Å²) in [5, 5.41) is 6.60. The van der Waals surface area contributed by atoms with Crippen LogP contribution in [0.1, 0.15) is 18.1 Å². The molecule has 0 heterocycles. The molecule has 0 bridgehead atoms. The fraction of sp³-hybridized carbons (Fsp3) is 0.316. The highest BCUT2D eigenvalue weighted by Gasteiger charge is 2.10. The zero-order valence-corrected chi connectivity index (χ0v) is 19.1. The molecule has 0 aliphatic heterocycles. The first kappa shape index (κ1) is 22.6. The Morgan fingerprint density at radius 1 is 1.04 bits per heavy atom. The molecule has 0 unspecified atom stereocenters. The van der Waals surface area contributed by atoms with Crippen molar-refractivity contribution in [3.63, 3.8) is 0 Å². The Labute approximate surface area is 180 Å². The van der Waals surface area contributed by atoms with Crippen molar-refractivity contribution in [1.82, 2.24) is 10.6 Å². The Bertz CT molecular complexity index is 711. The van der Waals surface area contributed by atoms with Gasteiger partial charge in [-0.25, -0.2) is 4.99 Å². The number of nitrogens with one attached hydrogen (secondary N) is 2. The molecule has 0 atom stereocenters. The van der Waals surface area contributed by atoms with Crippen molar-refractivity contribution in [2.45, 2.75) is 20.0 Å². The summed E-state index contributed by atoms with van der Waals surface area (Å²) < 4.78 is 11.6. The van der Waals surface area contributed by atoms with Gasteiger partial charge in [0.2, 0.25) is 0 Å². The van der Waals surface area contributed by atoms with Crippen molar-refractivity contribution >= 4 is 45.9 Å². The van der Waals surface area contributed by atoms with Gasteiger partial charge in [0.25, 0.3) is 0 Å². The SMILES string of the molecule is CCNC(=NCc1cc(Br)c(OC)c(OC)c1)NCc1ccccc1.I. The van der Waals surface area contributed by atoms with Crippen molar-refractivity contribution in [3.05, 3.63) is 58.1 Å². The maximum absolute atomic E-state index is 5.38. The molecule has 0 fully saturated rings. The summed E-state index contributed by atoms with van der Waals surface area (Å²) in [7, 11) is 3.25. The van der Waals surface area contributed by atoms with Gasteiger partial charge in [-0.05, 0) is 46.1 Å². The first-order valence-corrected chi connectivity index (χ1v) is 8.93. The van der Waals surface area contributed by atoms with E-state index in [1.54, 1.807) is 14.2 Å². The van der Waals surface area contributed by atoms with Crippen LogP contribution >= 0.6 is 39.9 Å². The maximum atomic E-state index is 5.38. The van der Waals surface area contributed by atoms with Gasteiger partial charge < -0.3 is 20.1 Å². The van der Waals surface area contributed by atoms with Crippen molar-refractivity contribution in [2.75, 3.05) is 20.8 Å². The van der Waals surface area contributed by atoms with Gasteiger partial charge in [0.15, 0.2) is 17.5 Å². The normalized spacial score (nSPS) is 10.7. The molecule has 2 rings (SSSR count). The topological polar surface area (TPSA) is 54.9 Å². The van der Waals surface area contributed by atoms with Gasteiger partial charge in [0.05, 0.1) is 25.2 Å². The molecule has 0 aromatic heterocycles. The van der Waals surface area contributed by atoms with E-state index in [-0.39, 0.29) is 24.0 Å². The van der Waals surface area contributed by atoms with Crippen LogP contribution in [-0.2, 0) is 13.1 Å². The summed E-state index contributed by atoms with van der Waals surface area (Å²) >= 11 is 3.51. The summed E-state index contributed by atoms with van der Waals surface area (Å²) in [6.45, 7) is 4.11. The number of aliphatic imine (C=N–C) groups is 1. The minimum Gasteiger partial charge on any atom is -0.493 e. The number of halogens is 2. The van der Waals surface area contributed by atoms with E-state index >= 15 is 0 Å². The number of methoxy groups -OCH3 is 2. The molecule has 2 aromatic carbocycles. The lowest BCUT2D eigenvalue weighted by Crippen LogP contribution is -2.36. The Morgan fingerprint density at radius 2 is 1.77 bits per heavy atom. The van der Waals surface area contributed by atoms with Crippen molar-refractivity contribution in [1.29, 1.82) is 0 Å². The van der Waals surface area contributed by atoms with Crippen LogP contribution in [0.5, 0.6) is 11.5 Å². The molecule has 26 heavy (non-hydrogen) atoms. The average molecular weight is 534 g/mol. The van der Waals surface area contributed by atoms with E-state index in [2.05, 4.69) is 43.7 Å². The summed E-state index contributed by atoms with van der Waals surface area (Å²) in [6, 6.07) is 14.2. The largest absolute Gasteiger partial charge is 0.493 e. The second-order valence-electron chi connectivity index (χ2n) is 5.35. The standard InChI is InChI=1S/C19H24BrN3O2.HI/c1-4-21-19(22-12-14-8-6-5-7-9-14)23-13-15-10-16(20)18(25-3)17(11-15)24-2;/h5-11H,4,12-13H2,1-3H3,(H2,21,22,23);1H. The third kappa shape index (κ3) is 6.68. The summed E-state index contributed by atoms with van der Waals surface area (Å²) in [5.41, 5.74) is 2.24. The van der Waals surface area contributed by atoms with E-state index in [1.807, 2.05) is 37.3 Å². The number of benzene rings is 2. The number of rotatable bonds is 7. The highest BCUT2D eigenvalue weighted by molar-refractivity contribution is 14.0. The molecular formula is C19H25BrIN3O2. The molecule has 0 radical (unpaired) electrons. The number of hydrogen-bond acceptors (Lipinski definition) is 3. The van der Waals surface area contributed by atoms with E-state index < -0.39 is 0 Å². The number of hydrogen-bond donors (Lipinski definition) is 2. The lowest BCUT2D eigenvalue weighted by Gasteiger charge is -2.13. The predicted molar refractivity (Wildman–Crippen MR) is 121 cm³/mol. The first-order chi connectivity index (χ1) is 12.2. The molecule has 0 aliphatic rings. The van der Waals surface area contributed by atoms with Gasteiger partial charge in [-0.15, -0.1) is 24.0 Å². The number of ether oxygens (including phenoxy) is 2. The van der Waals surface area contributed by atoms with E-state index in [0.717, 1.165) is 29.1 Å². The number of nitrogens with zero attached hydrogens (tertiary/aromatic N) is 1. The second kappa shape index (κ2) is 12.0. The minimum atomic E-state index is 0. The molecule has 0 saturated heterocycles. The smallest absolute Gasteiger partial charge is 0.191 e. The molecule has 7 heteroatoms. The molecule has 0 spiro atoms. The second-order valence-corrected chi connectivity index (χ2v) is 6.20. The Hall–Kier alpha value is -1.48. The van der Waals surface area contributed by atoms with E-state index in [1.165, 1.54) is 5.56 Å². The third-order valence-corrected chi connectivity index (χ3v) is 4.15. The molecule has 5 nitrogen and oxygen atoms in total. The summed E-state index contributed by atoms with van der Waals surface area (Å²) in [4.78, 5) is 4.65. The fourth-order valence-corrected chi connectivity index (χ4v) is 3.01. The van der Waals surface area contributed by atoms with Gasteiger partial charge in [-0.3, -0.25) is 0 Å². The van der Waals surface area contributed by atoms with Crippen LogP contribution in [0.15, 0.2) is 51.9 Å². The predicted octanol–water partition coefficient (Wildman–Crippen LogP) is 4.34. The van der Waals surface area contributed by atoms with Gasteiger partial charge in [-0.1, -0.05) is 30.3 Å². The van der Waals surface area contributed by atoms with Crippen LogP contribution in [0.4, 0.5) is 0 Å². The van der Waals surface area contributed by atoms with Crippen LogP contribution < -0.4 is 20.1 Å². The summed E-state index contributed by atoms with van der Waals surface area (Å²) in [5.74, 6) is 2.14. The zero-order chi connectivity index (χ0) is 18.1. The third-order valence-electron chi connectivity index (χ3n) is 3.56. The Kier molecular flexibility index (Phi) is 10.4. The minimum absolute atomic E-state index is 0. The molecule has 2 aromatic rings. The van der Waals surface area contributed by atoms with Crippen LogP contribution in [-0.4, -0.2) is 26.7 Å². The summed E-state index contributed by atoms with van der Waals surface area (Å²) in [6.07, 6.45) is 0. The quantitative estimate of drug-likeness (QED) is 0.316. The van der Waals surface area contributed by atoms with E-state index in [4.69, 9.17) is 9.47 Å². The lowest BCUT2D eigenvalue weighted by atomic mass is 10.2. The van der Waals surface area contributed by atoms with Gasteiger partial charge >= 0.3 is 0 Å². The zero-order valence-electron chi connectivity index (χ0n) is 15.2. The van der Waals surface area contributed by atoms with Crippen LogP contribution in [0.25, 0.3) is 0 Å².